The number of benzene rings is 1. The topological polar surface area (TPSA) is 104 Å². The van der Waals surface area contributed by atoms with E-state index in [9.17, 15) is 14.0 Å². The predicted octanol–water partition coefficient (Wildman–Crippen LogP) is 3.68. The molecule has 0 saturated carbocycles. The number of nitrogens with zero attached hydrogens (tertiary/aromatic N) is 2. The van der Waals surface area contributed by atoms with Gasteiger partial charge in [-0.3, -0.25) is 14.6 Å². The molecular formula is C22H20FN5O2S. The summed E-state index contributed by atoms with van der Waals surface area (Å²) in [6.07, 6.45) is 4.17. The summed E-state index contributed by atoms with van der Waals surface area (Å²) in [5, 5.41) is 3.56. The number of carbonyl (C=O) groups excluding carboxylic acids is 1. The van der Waals surface area contributed by atoms with Crippen LogP contribution in [-0.4, -0.2) is 37.9 Å². The molecule has 1 amide bonds. The Morgan fingerprint density at radius 2 is 2.06 bits per heavy atom. The van der Waals surface area contributed by atoms with Gasteiger partial charge in [0.2, 0.25) is 0 Å². The van der Waals surface area contributed by atoms with Crippen LogP contribution in [0.3, 0.4) is 0 Å². The number of pyridine rings is 1. The minimum atomic E-state index is -0.479. The molecule has 0 spiro atoms. The maximum absolute atomic E-state index is 13.5. The van der Waals surface area contributed by atoms with Crippen LogP contribution in [0.4, 0.5) is 4.39 Å². The number of hydrogen-bond donors (Lipinski definition) is 3. The summed E-state index contributed by atoms with van der Waals surface area (Å²) in [5.74, 6) is 0.374. The van der Waals surface area contributed by atoms with Crippen LogP contribution >= 0.6 is 11.8 Å². The fraction of sp³-hybridized carbons (Fsp3) is 0.182. The van der Waals surface area contributed by atoms with Crippen molar-refractivity contribution in [2.45, 2.75) is 12.5 Å². The Hall–Kier alpha value is -3.46. The van der Waals surface area contributed by atoms with E-state index in [4.69, 9.17) is 0 Å². The van der Waals surface area contributed by atoms with Crippen molar-refractivity contribution < 1.29 is 9.18 Å². The third-order valence-corrected chi connectivity index (χ3v) is 5.41. The molecule has 158 valence electrons. The molecular weight excluding hydrogens is 417 g/mol. The summed E-state index contributed by atoms with van der Waals surface area (Å²) >= 11 is 1.63. The number of fused-ring (bicyclic) bond motifs is 1. The number of hydrogen-bond acceptors (Lipinski definition) is 5. The SMILES string of the molecule is CSCC[C@@H](NC(=O)c1cc2cc(F)ccc2[nH]1)c1cc(=O)[nH]c(-c2ccccn2)n1. The van der Waals surface area contributed by atoms with E-state index in [0.29, 0.717) is 40.2 Å². The zero-order valence-corrected chi connectivity index (χ0v) is 17.5. The number of carbonyl (C=O) groups is 1. The lowest BCUT2D eigenvalue weighted by atomic mass is 10.1. The predicted molar refractivity (Wildman–Crippen MR) is 120 cm³/mol. The van der Waals surface area contributed by atoms with Crippen LogP contribution in [0.2, 0.25) is 0 Å². The van der Waals surface area contributed by atoms with Gasteiger partial charge < -0.3 is 15.3 Å². The first-order chi connectivity index (χ1) is 15.0. The van der Waals surface area contributed by atoms with Crippen molar-refractivity contribution in [3.63, 3.8) is 0 Å². The number of halogens is 1. The van der Waals surface area contributed by atoms with Gasteiger partial charge in [0, 0.05) is 23.2 Å². The molecule has 0 aliphatic rings. The van der Waals surface area contributed by atoms with E-state index in [1.165, 1.54) is 18.2 Å². The maximum atomic E-state index is 13.5. The van der Waals surface area contributed by atoms with Crippen molar-refractivity contribution in [2.75, 3.05) is 12.0 Å². The van der Waals surface area contributed by atoms with Crippen molar-refractivity contribution in [1.29, 1.82) is 0 Å². The average Bonchev–Trinajstić information content (AvgIpc) is 3.20. The summed E-state index contributed by atoms with van der Waals surface area (Å²) in [7, 11) is 0. The smallest absolute Gasteiger partial charge is 0.268 e. The van der Waals surface area contributed by atoms with Gasteiger partial charge >= 0.3 is 0 Å². The molecule has 0 aliphatic heterocycles. The van der Waals surface area contributed by atoms with Gasteiger partial charge in [-0.25, -0.2) is 9.37 Å². The lowest BCUT2D eigenvalue weighted by Crippen LogP contribution is -2.31. The highest BCUT2D eigenvalue weighted by Gasteiger charge is 2.20. The molecule has 9 heteroatoms. The van der Waals surface area contributed by atoms with E-state index in [-0.39, 0.29) is 17.3 Å². The molecule has 4 aromatic rings. The number of rotatable bonds is 7. The lowest BCUT2D eigenvalue weighted by molar-refractivity contribution is 0.0930. The standard InChI is InChI=1S/C22H20FN5O2S/c1-31-9-7-16(18-12-20(29)28-21(26-18)17-4-2-3-8-24-17)27-22(30)19-11-13-10-14(23)5-6-15(13)25-19/h2-6,8,10-12,16,25H,7,9H2,1H3,(H,27,30)(H,26,28,29)/t16-/m1/s1. The Morgan fingerprint density at radius 1 is 1.19 bits per heavy atom. The second-order valence-electron chi connectivity index (χ2n) is 6.96. The number of nitrogens with one attached hydrogen (secondary N) is 3. The number of aromatic nitrogens is 4. The molecule has 31 heavy (non-hydrogen) atoms. The summed E-state index contributed by atoms with van der Waals surface area (Å²) in [6, 6.07) is 12.1. The van der Waals surface area contributed by atoms with Gasteiger partial charge in [0.05, 0.1) is 11.7 Å². The molecule has 4 rings (SSSR count). The van der Waals surface area contributed by atoms with Crippen LogP contribution in [0.25, 0.3) is 22.4 Å². The molecule has 0 unspecified atom stereocenters. The van der Waals surface area contributed by atoms with Gasteiger partial charge in [-0.05, 0) is 54.8 Å². The highest BCUT2D eigenvalue weighted by Crippen LogP contribution is 2.21. The highest BCUT2D eigenvalue weighted by atomic mass is 32.2. The summed E-state index contributed by atoms with van der Waals surface area (Å²) < 4.78 is 13.5. The number of H-pyrrole nitrogens is 2. The Morgan fingerprint density at radius 3 is 2.84 bits per heavy atom. The minimum Gasteiger partial charge on any atom is -0.351 e. The van der Waals surface area contributed by atoms with E-state index < -0.39 is 6.04 Å². The second kappa shape index (κ2) is 9.13. The number of thioether (sulfide) groups is 1. The molecule has 3 N–H and O–H groups in total. The minimum absolute atomic E-state index is 0.310. The van der Waals surface area contributed by atoms with Crippen molar-refractivity contribution in [3.8, 4) is 11.5 Å². The molecule has 0 bridgehead atoms. The number of amides is 1. The van der Waals surface area contributed by atoms with E-state index in [2.05, 4.69) is 25.3 Å². The molecule has 7 nitrogen and oxygen atoms in total. The van der Waals surface area contributed by atoms with Crippen LogP contribution in [0.1, 0.15) is 28.6 Å². The average molecular weight is 438 g/mol. The Kier molecular flexibility index (Phi) is 6.13. The van der Waals surface area contributed by atoms with Gasteiger partial charge in [0.15, 0.2) is 5.82 Å². The van der Waals surface area contributed by atoms with Crippen molar-refractivity contribution >= 4 is 28.6 Å². The van der Waals surface area contributed by atoms with Gasteiger partial charge in [-0.2, -0.15) is 11.8 Å². The third kappa shape index (κ3) is 4.83. The fourth-order valence-corrected chi connectivity index (χ4v) is 3.74. The summed E-state index contributed by atoms with van der Waals surface area (Å²) in [6.45, 7) is 0. The molecule has 1 aromatic carbocycles. The number of aromatic amines is 2. The fourth-order valence-electron chi connectivity index (χ4n) is 3.27. The first-order valence-electron chi connectivity index (χ1n) is 9.64. The van der Waals surface area contributed by atoms with Gasteiger partial charge in [-0.15, -0.1) is 0 Å². The zero-order chi connectivity index (χ0) is 21.8. The van der Waals surface area contributed by atoms with Gasteiger partial charge in [-0.1, -0.05) is 6.07 Å². The zero-order valence-electron chi connectivity index (χ0n) is 16.7. The third-order valence-electron chi connectivity index (χ3n) is 4.77. The molecule has 3 aromatic heterocycles. The second-order valence-corrected chi connectivity index (χ2v) is 7.94. The molecule has 0 aliphatic carbocycles. The van der Waals surface area contributed by atoms with Gasteiger partial charge in [0.1, 0.15) is 17.2 Å². The van der Waals surface area contributed by atoms with E-state index >= 15 is 0 Å². The molecule has 0 saturated heterocycles. The highest BCUT2D eigenvalue weighted by molar-refractivity contribution is 7.98. The van der Waals surface area contributed by atoms with E-state index in [1.54, 1.807) is 48.3 Å². The Labute approximate surface area is 181 Å². The van der Waals surface area contributed by atoms with Crippen molar-refractivity contribution in [1.82, 2.24) is 25.3 Å². The van der Waals surface area contributed by atoms with Gasteiger partial charge in [0.25, 0.3) is 11.5 Å². The summed E-state index contributed by atoms with van der Waals surface area (Å²) in [4.78, 5) is 39.7. The molecule has 3 heterocycles. The van der Waals surface area contributed by atoms with Crippen molar-refractivity contribution in [3.05, 3.63) is 82.3 Å². The molecule has 1 atom stereocenters. The molecule has 0 radical (unpaired) electrons. The quantitative estimate of drug-likeness (QED) is 0.409. The largest absolute Gasteiger partial charge is 0.351 e. The van der Waals surface area contributed by atoms with Crippen LogP contribution in [0.5, 0.6) is 0 Å². The van der Waals surface area contributed by atoms with Crippen LogP contribution in [-0.2, 0) is 0 Å². The normalized spacial score (nSPS) is 12.1. The monoisotopic (exact) mass is 437 g/mol. The van der Waals surface area contributed by atoms with Crippen LogP contribution < -0.4 is 10.9 Å². The Bertz CT molecular complexity index is 1270. The molecule has 0 fully saturated rings. The first kappa shape index (κ1) is 20.8. The lowest BCUT2D eigenvalue weighted by Gasteiger charge is -2.18. The first-order valence-corrected chi connectivity index (χ1v) is 11.0. The van der Waals surface area contributed by atoms with Crippen LogP contribution in [0.15, 0.2) is 59.5 Å². The van der Waals surface area contributed by atoms with Crippen LogP contribution in [0, 0.1) is 5.82 Å². The van der Waals surface area contributed by atoms with E-state index in [1.807, 2.05) is 6.26 Å². The van der Waals surface area contributed by atoms with E-state index in [0.717, 1.165) is 5.75 Å². The van der Waals surface area contributed by atoms with Crippen molar-refractivity contribution in [2.24, 2.45) is 0 Å². The summed E-state index contributed by atoms with van der Waals surface area (Å²) in [5.41, 5.74) is 1.64. The Balaban J connectivity index is 1.64. The maximum Gasteiger partial charge on any atom is 0.268 e.